The van der Waals surface area contributed by atoms with Crippen LogP contribution in [0.2, 0.25) is 0 Å². The molecule has 0 unspecified atom stereocenters. The van der Waals surface area contributed by atoms with Gasteiger partial charge in [-0.3, -0.25) is 14.4 Å². The van der Waals surface area contributed by atoms with E-state index in [-0.39, 0.29) is 12.5 Å². The van der Waals surface area contributed by atoms with Crippen molar-refractivity contribution in [2.24, 2.45) is 0 Å². The fourth-order valence-electron chi connectivity index (χ4n) is 2.98. The molecule has 0 aliphatic carbocycles. The number of anilines is 1. The lowest BCUT2D eigenvalue weighted by Crippen LogP contribution is -2.36. The molecular formula is C24H30N2O5. The monoisotopic (exact) mass is 426 g/mol. The van der Waals surface area contributed by atoms with Crippen LogP contribution < -0.4 is 15.4 Å². The summed E-state index contributed by atoms with van der Waals surface area (Å²) in [6.07, 6.45) is -1.01. The second kappa shape index (κ2) is 11.2. The molecule has 2 aromatic rings. The number of hydrogen-bond donors (Lipinski definition) is 2. The first-order valence-corrected chi connectivity index (χ1v) is 10.3. The van der Waals surface area contributed by atoms with Crippen LogP contribution in [-0.2, 0) is 14.3 Å². The summed E-state index contributed by atoms with van der Waals surface area (Å²) in [5.74, 6) is -0.657. The van der Waals surface area contributed by atoms with Gasteiger partial charge >= 0.3 is 5.97 Å². The number of carbonyl (C=O) groups excluding carboxylic acids is 3. The van der Waals surface area contributed by atoms with Crippen LogP contribution in [0.15, 0.2) is 42.5 Å². The van der Waals surface area contributed by atoms with E-state index in [0.717, 1.165) is 16.8 Å². The Morgan fingerprint density at radius 2 is 1.68 bits per heavy atom. The number of nitrogens with one attached hydrogen (secondary N) is 2. The Morgan fingerprint density at radius 3 is 2.29 bits per heavy atom. The molecule has 0 bridgehead atoms. The molecule has 0 saturated heterocycles. The molecule has 2 N–H and O–H groups in total. The number of para-hydroxylation sites is 1. The van der Waals surface area contributed by atoms with E-state index >= 15 is 0 Å². The average molecular weight is 427 g/mol. The minimum atomic E-state index is -1.01. The average Bonchev–Trinajstić information content (AvgIpc) is 2.73. The molecule has 2 rings (SSSR count). The molecule has 7 heteroatoms. The molecule has 0 fully saturated rings. The number of amides is 2. The molecule has 1 atom stereocenters. The Kier molecular flexibility index (Phi) is 8.61. The van der Waals surface area contributed by atoms with Gasteiger partial charge in [-0.15, -0.1) is 0 Å². The Morgan fingerprint density at radius 1 is 1.00 bits per heavy atom. The van der Waals surface area contributed by atoms with Crippen LogP contribution in [0, 0.1) is 6.92 Å². The van der Waals surface area contributed by atoms with Crippen LogP contribution in [-0.4, -0.2) is 37.0 Å². The maximum atomic E-state index is 12.5. The zero-order valence-electron chi connectivity index (χ0n) is 18.7. The zero-order chi connectivity index (χ0) is 23.0. The van der Waals surface area contributed by atoms with Gasteiger partial charge < -0.3 is 20.1 Å². The van der Waals surface area contributed by atoms with Crippen molar-refractivity contribution in [1.82, 2.24) is 5.32 Å². The van der Waals surface area contributed by atoms with Gasteiger partial charge in [-0.05, 0) is 62.1 Å². The predicted octanol–water partition coefficient (Wildman–Crippen LogP) is 3.82. The second-order valence-corrected chi connectivity index (χ2v) is 7.46. The third-order valence-corrected chi connectivity index (χ3v) is 4.67. The van der Waals surface area contributed by atoms with Crippen LogP contribution in [0.5, 0.6) is 5.75 Å². The van der Waals surface area contributed by atoms with Gasteiger partial charge in [0.05, 0.1) is 6.61 Å². The van der Waals surface area contributed by atoms with E-state index in [9.17, 15) is 14.4 Å². The highest BCUT2D eigenvalue weighted by atomic mass is 16.5. The molecule has 166 valence electrons. The van der Waals surface area contributed by atoms with E-state index in [2.05, 4.69) is 10.6 Å². The molecule has 2 amide bonds. The Balaban J connectivity index is 1.88. The van der Waals surface area contributed by atoms with Gasteiger partial charge in [0.15, 0.2) is 6.10 Å². The van der Waals surface area contributed by atoms with E-state index in [4.69, 9.17) is 9.47 Å². The quantitative estimate of drug-likeness (QED) is 0.595. The fraction of sp³-hybridized carbons (Fsp3) is 0.375. The van der Waals surface area contributed by atoms with E-state index in [1.807, 2.05) is 45.9 Å². The number of esters is 1. The summed E-state index contributed by atoms with van der Waals surface area (Å²) in [6, 6.07) is 12.4. The van der Waals surface area contributed by atoms with Gasteiger partial charge in [0.2, 0.25) is 0 Å². The van der Waals surface area contributed by atoms with Gasteiger partial charge in [-0.1, -0.05) is 32.0 Å². The van der Waals surface area contributed by atoms with Gasteiger partial charge in [0.1, 0.15) is 12.3 Å². The molecule has 0 heterocycles. The van der Waals surface area contributed by atoms with Crippen molar-refractivity contribution in [3.8, 4) is 5.75 Å². The fourth-order valence-corrected chi connectivity index (χ4v) is 2.98. The first-order valence-electron chi connectivity index (χ1n) is 10.3. The summed E-state index contributed by atoms with van der Waals surface area (Å²) in [5.41, 5.74) is 3.06. The zero-order valence-corrected chi connectivity index (χ0v) is 18.7. The first-order chi connectivity index (χ1) is 14.7. The van der Waals surface area contributed by atoms with Crippen molar-refractivity contribution in [2.75, 3.05) is 18.5 Å². The van der Waals surface area contributed by atoms with Crippen LogP contribution in [0.1, 0.15) is 55.1 Å². The van der Waals surface area contributed by atoms with Crippen LogP contribution in [0.4, 0.5) is 5.69 Å². The Bertz CT molecular complexity index is 922. The van der Waals surface area contributed by atoms with E-state index < -0.39 is 23.9 Å². The van der Waals surface area contributed by atoms with E-state index in [1.165, 1.54) is 6.92 Å². The molecule has 0 spiro atoms. The highest BCUT2D eigenvalue weighted by molar-refractivity contribution is 5.98. The predicted molar refractivity (Wildman–Crippen MR) is 119 cm³/mol. The highest BCUT2D eigenvalue weighted by Gasteiger charge is 2.21. The number of benzene rings is 2. The van der Waals surface area contributed by atoms with E-state index in [0.29, 0.717) is 17.9 Å². The summed E-state index contributed by atoms with van der Waals surface area (Å²) in [5, 5.41) is 5.35. The number of carbonyl (C=O) groups is 3. The molecule has 0 aliphatic rings. The Labute approximate surface area is 183 Å². The molecular weight excluding hydrogens is 396 g/mol. The van der Waals surface area contributed by atoms with Crippen molar-refractivity contribution in [2.45, 2.75) is 46.6 Å². The maximum Gasteiger partial charge on any atom is 0.326 e. The van der Waals surface area contributed by atoms with Crippen molar-refractivity contribution in [3.05, 3.63) is 59.2 Å². The first kappa shape index (κ1) is 23.9. The Hall–Kier alpha value is -3.35. The van der Waals surface area contributed by atoms with Crippen LogP contribution >= 0.6 is 0 Å². The summed E-state index contributed by atoms with van der Waals surface area (Å²) < 4.78 is 10.5. The normalized spacial score (nSPS) is 11.5. The lowest BCUT2D eigenvalue weighted by molar-refractivity contribution is -0.152. The van der Waals surface area contributed by atoms with Gasteiger partial charge in [0.25, 0.3) is 11.8 Å². The molecule has 2 aromatic carbocycles. The number of aryl methyl sites for hydroxylation is 1. The van der Waals surface area contributed by atoms with Crippen molar-refractivity contribution in [1.29, 1.82) is 0 Å². The van der Waals surface area contributed by atoms with Crippen molar-refractivity contribution in [3.63, 3.8) is 0 Å². The van der Waals surface area contributed by atoms with Crippen LogP contribution in [0.25, 0.3) is 0 Å². The maximum absolute atomic E-state index is 12.5. The van der Waals surface area contributed by atoms with E-state index in [1.54, 1.807) is 24.3 Å². The third-order valence-electron chi connectivity index (χ3n) is 4.67. The van der Waals surface area contributed by atoms with Gasteiger partial charge in [-0.25, -0.2) is 0 Å². The summed E-state index contributed by atoms with van der Waals surface area (Å²) in [7, 11) is 0. The minimum Gasteiger partial charge on any atom is -0.494 e. The topological polar surface area (TPSA) is 93.7 Å². The van der Waals surface area contributed by atoms with Crippen molar-refractivity contribution < 1.29 is 23.9 Å². The number of hydrogen-bond acceptors (Lipinski definition) is 5. The molecule has 0 aromatic heterocycles. The molecule has 0 saturated carbocycles. The lowest BCUT2D eigenvalue weighted by atomic mass is 9.98. The summed E-state index contributed by atoms with van der Waals surface area (Å²) in [6.45, 7) is 9.56. The number of ether oxygens (including phenoxy) is 2. The van der Waals surface area contributed by atoms with Gasteiger partial charge in [-0.2, -0.15) is 0 Å². The smallest absolute Gasteiger partial charge is 0.326 e. The second-order valence-electron chi connectivity index (χ2n) is 7.46. The number of rotatable bonds is 9. The molecule has 7 nitrogen and oxygen atoms in total. The SMILES string of the molecule is CCOc1ccc(C(=O)NCC(=O)O[C@H](C)C(=O)Nc2c(C)cccc2C(C)C)cc1. The molecule has 31 heavy (non-hydrogen) atoms. The van der Waals surface area contributed by atoms with Gasteiger partial charge in [0, 0.05) is 11.3 Å². The lowest BCUT2D eigenvalue weighted by Gasteiger charge is -2.19. The summed E-state index contributed by atoms with van der Waals surface area (Å²) in [4.78, 5) is 36.8. The highest BCUT2D eigenvalue weighted by Crippen LogP contribution is 2.27. The molecule has 0 aliphatic heterocycles. The standard InChI is InChI=1S/C24H30N2O5/c1-6-30-19-12-10-18(11-13-19)24(29)25-14-21(27)31-17(5)23(28)26-22-16(4)8-7-9-20(22)15(2)3/h7-13,15,17H,6,14H2,1-5H3,(H,25,29)(H,26,28)/t17-/m1/s1. The molecule has 0 radical (unpaired) electrons. The largest absolute Gasteiger partial charge is 0.494 e. The van der Waals surface area contributed by atoms with Crippen molar-refractivity contribution >= 4 is 23.5 Å². The van der Waals surface area contributed by atoms with Crippen LogP contribution in [0.3, 0.4) is 0 Å². The summed E-state index contributed by atoms with van der Waals surface area (Å²) >= 11 is 0. The third kappa shape index (κ3) is 6.84. The minimum absolute atomic E-state index is 0.228.